The van der Waals surface area contributed by atoms with Crippen molar-refractivity contribution >= 4 is 15.9 Å². The van der Waals surface area contributed by atoms with Crippen molar-refractivity contribution < 1.29 is 4.39 Å². The molecule has 0 heterocycles. The predicted octanol–water partition coefficient (Wildman–Crippen LogP) is 4.90. The normalized spacial score (nSPS) is 12.4. The van der Waals surface area contributed by atoms with Gasteiger partial charge in [-0.05, 0) is 49.7 Å². The van der Waals surface area contributed by atoms with Gasteiger partial charge in [-0.3, -0.25) is 0 Å². The first kappa shape index (κ1) is 15.2. The number of aryl methyl sites for hydroxylation is 2. The lowest BCUT2D eigenvalue weighted by molar-refractivity contribution is 0.601. The SMILES string of the molecule is CCNC(c1cc(C)cc(C)c1)c1cc(F)ccc1Br. The summed E-state index contributed by atoms with van der Waals surface area (Å²) < 4.78 is 14.5. The van der Waals surface area contributed by atoms with Crippen LogP contribution >= 0.6 is 15.9 Å². The Morgan fingerprint density at radius 3 is 2.35 bits per heavy atom. The Labute approximate surface area is 128 Å². The summed E-state index contributed by atoms with van der Waals surface area (Å²) in [4.78, 5) is 0. The molecule has 2 aromatic carbocycles. The topological polar surface area (TPSA) is 12.0 Å². The van der Waals surface area contributed by atoms with Crippen molar-refractivity contribution in [2.24, 2.45) is 0 Å². The van der Waals surface area contributed by atoms with E-state index >= 15 is 0 Å². The monoisotopic (exact) mass is 335 g/mol. The number of hydrogen-bond donors (Lipinski definition) is 1. The largest absolute Gasteiger partial charge is 0.306 e. The van der Waals surface area contributed by atoms with Crippen molar-refractivity contribution in [3.63, 3.8) is 0 Å². The third-order valence-electron chi connectivity index (χ3n) is 3.25. The van der Waals surface area contributed by atoms with Crippen molar-refractivity contribution in [1.29, 1.82) is 0 Å². The van der Waals surface area contributed by atoms with Crippen LogP contribution < -0.4 is 5.32 Å². The molecule has 0 radical (unpaired) electrons. The summed E-state index contributed by atoms with van der Waals surface area (Å²) >= 11 is 3.53. The van der Waals surface area contributed by atoms with Crippen LogP contribution in [-0.2, 0) is 0 Å². The maximum absolute atomic E-state index is 13.6. The van der Waals surface area contributed by atoms with E-state index in [1.54, 1.807) is 12.1 Å². The average Bonchev–Trinajstić information content (AvgIpc) is 2.38. The molecule has 0 spiro atoms. The molecule has 0 saturated heterocycles. The van der Waals surface area contributed by atoms with Crippen LogP contribution in [0.3, 0.4) is 0 Å². The summed E-state index contributed by atoms with van der Waals surface area (Å²) in [5.74, 6) is -0.213. The van der Waals surface area contributed by atoms with E-state index in [-0.39, 0.29) is 11.9 Å². The van der Waals surface area contributed by atoms with Gasteiger partial charge in [0.25, 0.3) is 0 Å². The third kappa shape index (κ3) is 3.47. The van der Waals surface area contributed by atoms with Gasteiger partial charge in [-0.25, -0.2) is 4.39 Å². The molecular weight excluding hydrogens is 317 g/mol. The highest BCUT2D eigenvalue weighted by molar-refractivity contribution is 9.10. The second kappa shape index (κ2) is 6.51. The Morgan fingerprint density at radius 2 is 1.75 bits per heavy atom. The van der Waals surface area contributed by atoms with Crippen LogP contribution in [0.1, 0.15) is 35.2 Å². The van der Waals surface area contributed by atoms with Crippen LogP contribution in [-0.4, -0.2) is 6.54 Å². The van der Waals surface area contributed by atoms with Crippen molar-refractivity contribution in [3.8, 4) is 0 Å². The Morgan fingerprint density at radius 1 is 1.10 bits per heavy atom. The van der Waals surface area contributed by atoms with Gasteiger partial charge in [-0.1, -0.05) is 52.2 Å². The van der Waals surface area contributed by atoms with Crippen molar-refractivity contribution in [2.45, 2.75) is 26.8 Å². The van der Waals surface area contributed by atoms with Crippen LogP contribution in [0.5, 0.6) is 0 Å². The van der Waals surface area contributed by atoms with E-state index in [2.05, 4.69) is 60.2 Å². The van der Waals surface area contributed by atoms with Crippen LogP contribution in [0.4, 0.5) is 4.39 Å². The molecule has 1 unspecified atom stereocenters. The van der Waals surface area contributed by atoms with Crippen molar-refractivity contribution in [1.82, 2.24) is 5.32 Å². The standard InChI is InChI=1S/C17H19BrFN/c1-4-20-17(13-8-11(2)7-12(3)9-13)15-10-14(19)5-6-16(15)18/h5-10,17,20H,4H2,1-3H3. The van der Waals surface area contributed by atoms with E-state index in [0.29, 0.717) is 0 Å². The lowest BCUT2D eigenvalue weighted by atomic mass is 9.95. The fourth-order valence-corrected chi connectivity index (χ4v) is 3.00. The molecule has 106 valence electrons. The summed E-state index contributed by atoms with van der Waals surface area (Å²) in [5, 5.41) is 3.44. The molecule has 1 N–H and O–H groups in total. The maximum atomic E-state index is 13.6. The second-order valence-electron chi connectivity index (χ2n) is 5.08. The quantitative estimate of drug-likeness (QED) is 0.837. The summed E-state index contributed by atoms with van der Waals surface area (Å²) in [6.07, 6.45) is 0. The highest BCUT2D eigenvalue weighted by Crippen LogP contribution is 2.30. The molecule has 0 aromatic heterocycles. The lowest BCUT2D eigenvalue weighted by Crippen LogP contribution is -2.22. The van der Waals surface area contributed by atoms with E-state index < -0.39 is 0 Å². The van der Waals surface area contributed by atoms with Gasteiger partial charge in [-0.2, -0.15) is 0 Å². The van der Waals surface area contributed by atoms with Gasteiger partial charge in [-0.15, -0.1) is 0 Å². The summed E-state index contributed by atoms with van der Waals surface area (Å²) in [6.45, 7) is 7.05. The molecule has 0 bridgehead atoms. The van der Waals surface area contributed by atoms with Gasteiger partial charge >= 0.3 is 0 Å². The zero-order valence-electron chi connectivity index (χ0n) is 12.0. The lowest BCUT2D eigenvalue weighted by Gasteiger charge is -2.21. The van der Waals surface area contributed by atoms with Gasteiger partial charge in [0.15, 0.2) is 0 Å². The first-order chi connectivity index (χ1) is 9.51. The molecule has 0 aliphatic rings. The molecule has 1 nitrogen and oxygen atoms in total. The molecule has 2 aromatic rings. The molecular formula is C17H19BrFN. The summed E-state index contributed by atoms with van der Waals surface area (Å²) in [5.41, 5.74) is 4.53. The molecule has 20 heavy (non-hydrogen) atoms. The number of benzene rings is 2. The summed E-state index contributed by atoms with van der Waals surface area (Å²) in [6, 6.07) is 11.3. The second-order valence-corrected chi connectivity index (χ2v) is 5.93. The minimum absolute atomic E-state index is 0.0105. The Kier molecular flexibility index (Phi) is 4.95. The Balaban J connectivity index is 2.52. The van der Waals surface area contributed by atoms with Gasteiger partial charge in [0.05, 0.1) is 6.04 Å². The van der Waals surface area contributed by atoms with E-state index in [4.69, 9.17) is 0 Å². The smallest absolute Gasteiger partial charge is 0.123 e. The number of halogens is 2. The Hall–Kier alpha value is -1.19. The molecule has 2 rings (SSSR count). The molecule has 0 fully saturated rings. The van der Waals surface area contributed by atoms with Gasteiger partial charge in [0.1, 0.15) is 5.82 Å². The molecule has 3 heteroatoms. The minimum atomic E-state index is -0.213. The fourth-order valence-electron chi connectivity index (χ4n) is 2.52. The van der Waals surface area contributed by atoms with Gasteiger partial charge < -0.3 is 5.32 Å². The first-order valence-corrected chi connectivity index (χ1v) is 7.57. The molecule has 0 amide bonds. The van der Waals surface area contributed by atoms with Crippen LogP contribution in [0.15, 0.2) is 40.9 Å². The predicted molar refractivity (Wildman–Crippen MR) is 85.5 cm³/mol. The van der Waals surface area contributed by atoms with E-state index in [9.17, 15) is 4.39 Å². The van der Waals surface area contributed by atoms with E-state index in [1.165, 1.54) is 17.2 Å². The van der Waals surface area contributed by atoms with Crippen molar-refractivity contribution in [3.05, 3.63) is 68.9 Å². The van der Waals surface area contributed by atoms with Gasteiger partial charge in [0.2, 0.25) is 0 Å². The fraction of sp³-hybridized carbons (Fsp3) is 0.294. The minimum Gasteiger partial charge on any atom is -0.306 e. The summed E-state index contributed by atoms with van der Waals surface area (Å²) in [7, 11) is 0. The average molecular weight is 336 g/mol. The van der Waals surface area contributed by atoms with Crippen molar-refractivity contribution in [2.75, 3.05) is 6.54 Å². The third-order valence-corrected chi connectivity index (χ3v) is 3.98. The molecule has 0 saturated carbocycles. The zero-order chi connectivity index (χ0) is 14.7. The van der Waals surface area contributed by atoms with Crippen LogP contribution in [0.2, 0.25) is 0 Å². The van der Waals surface area contributed by atoms with E-state index in [0.717, 1.165) is 22.1 Å². The number of hydrogen-bond acceptors (Lipinski definition) is 1. The van der Waals surface area contributed by atoms with Crippen LogP contribution in [0, 0.1) is 19.7 Å². The maximum Gasteiger partial charge on any atom is 0.123 e. The zero-order valence-corrected chi connectivity index (χ0v) is 13.6. The number of nitrogens with one attached hydrogen (secondary N) is 1. The van der Waals surface area contributed by atoms with Crippen LogP contribution in [0.25, 0.3) is 0 Å². The molecule has 0 aliphatic carbocycles. The van der Waals surface area contributed by atoms with E-state index in [1.807, 2.05) is 0 Å². The highest BCUT2D eigenvalue weighted by Gasteiger charge is 2.17. The first-order valence-electron chi connectivity index (χ1n) is 6.77. The highest BCUT2D eigenvalue weighted by atomic mass is 79.9. The van der Waals surface area contributed by atoms with Gasteiger partial charge in [0, 0.05) is 4.47 Å². The number of rotatable bonds is 4. The molecule has 0 aliphatic heterocycles. The molecule has 1 atom stereocenters. The Bertz CT molecular complexity index is 590.